The predicted octanol–water partition coefficient (Wildman–Crippen LogP) is 3.39. The van der Waals surface area contributed by atoms with Gasteiger partial charge in [0.25, 0.3) is 5.91 Å². The second-order valence-corrected chi connectivity index (χ2v) is 10.5. The third-order valence-electron chi connectivity index (χ3n) is 6.17. The number of nitrogens with zero attached hydrogens (tertiary/aromatic N) is 2. The molecule has 1 fully saturated rings. The molecule has 1 heterocycles. The molecule has 0 aliphatic carbocycles. The van der Waals surface area contributed by atoms with Gasteiger partial charge < -0.3 is 10.2 Å². The van der Waals surface area contributed by atoms with Crippen LogP contribution >= 0.6 is 0 Å². The molecular weight excluding hydrogens is 462 g/mol. The maximum absolute atomic E-state index is 13.2. The van der Waals surface area contributed by atoms with Crippen molar-refractivity contribution in [2.75, 3.05) is 26.2 Å². The zero-order chi connectivity index (χ0) is 24.8. The van der Waals surface area contributed by atoms with Crippen molar-refractivity contribution in [2.24, 2.45) is 0 Å². The van der Waals surface area contributed by atoms with Crippen molar-refractivity contribution >= 4 is 21.8 Å². The number of piperazine rings is 1. The van der Waals surface area contributed by atoms with Crippen LogP contribution in [0, 0.1) is 6.92 Å². The lowest BCUT2D eigenvalue weighted by atomic mass is 10.0. The molecule has 1 aliphatic rings. The molecule has 1 N–H and O–H groups in total. The molecule has 3 aromatic rings. The molecule has 35 heavy (non-hydrogen) atoms. The van der Waals surface area contributed by atoms with E-state index in [1.165, 1.54) is 4.31 Å². The second-order valence-electron chi connectivity index (χ2n) is 8.60. The van der Waals surface area contributed by atoms with Crippen molar-refractivity contribution in [3.8, 4) is 0 Å². The molecule has 1 atom stereocenters. The summed E-state index contributed by atoms with van der Waals surface area (Å²) in [6, 6.07) is 24.6. The van der Waals surface area contributed by atoms with Crippen molar-refractivity contribution in [1.82, 2.24) is 14.5 Å². The van der Waals surface area contributed by atoms with E-state index in [9.17, 15) is 18.0 Å². The molecular formula is C27H29N3O4S. The Labute approximate surface area is 206 Å². The quantitative estimate of drug-likeness (QED) is 0.549. The molecule has 0 saturated carbocycles. The predicted molar refractivity (Wildman–Crippen MR) is 134 cm³/mol. The van der Waals surface area contributed by atoms with Crippen molar-refractivity contribution < 1.29 is 18.0 Å². The summed E-state index contributed by atoms with van der Waals surface area (Å²) < 4.78 is 27.4. The van der Waals surface area contributed by atoms with E-state index in [4.69, 9.17) is 0 Å². The van der Waals surface area contributed by atoms with E-state index in [2.05, 4.69) is 5.32 Å². The number of hydrogen-bond acceptors (Lipinski definition) is 4. The Balaban J connectivity index is 1.41. The SMILES string of the molecule is Cc1ccc(S(=O)(=O)N2CCN(C(=O)C[C@H](NC(=O)c3ccccc3)c3ccccc3)CC2)cc1. The summed E-state index contributed by atoms with van der Waals surface area (Å²) in [6.45, 7) is 2.98. The number of amides is 2. The highest BCUT2D eigenvalue weighted by Crippen LogP contribution is 2.22. The summed E-state index contributed by atoms with van der Waals surface area (Å²) >= 11 is 0. The number of rotatable bonds is 7. The Morgan fingerprint density at radius 2 is 1.40 bits per heavy atom. The van der Waals surface area contributed by atoms with Crippen molar-refractivity contribution in [3.63, 3.8) is 0 Å². The van der Waals surface area contributed by atoms with Gasteiger partial charge in [-0.1, -0.05) is 66.2 Å². The van der Waals surface area contributed by atoms with E-state index in [0.29, 0.717) is 18.7 Å². The lowest BCUT2D eigenvalue weighted by Gasteiger charge is -2.35. The fourth-order valence-corrected chi connectivity index (χ4v) is 5.53. The van der Waals surface area contributed by atoms with Crippen molar-refractivity contribution in [2.45, 2.75) is 24.3 Å². The third kappa shape index (κ3) is 5.96. The van der Waals surface area contributed by atoms with Gasteiger partial charge in [0.2, 0.25) is 15.9 Å². The summed E-state index contributed by atoms with van der Waals surface area (Å²) in [5, 5.41) is 2.99. The van der Waals surface area contributed by atoms with Gasteiger partial charge in [-0.2, -0.15) is 4.31 Å². The Hall–Kier alpha value is -3.49. The lowest BCUT2D eigenvalue weighted by molar-refractivity contribution is -0.132. The largest absolute Gasteiger partial charge is 0.345 e. The molecule has 7 nitrogen and oxygen atoms in total. The minimum Gasteiger partial charge on any atom is -0.345 e. The molecule has 1 saturated heterocycles. The van der Waals surface area contributed by atoms with Gasteiger partial charge in [0.1, 0.15) is 0 Å². The number of carbonyl (C=O) groups excluding carboxylic acids is 2. The summed E-state index contributed by atoms with van der Waals surface area (Å²) in [5.41, 5.74) is 2.35. The van der Waals surface area contributed by atoms with E-state index in [1.54, 1.807) is 53.4 Å². The van der Waals surface area contributed by atoms with Crippen LogP contribution in [0.2, 0.25) is 0 Å². The van der Waals surface area contributed by atoms with Gasteiger partial charge in [0.05, 0.1) is 17.4 Å². The van der Waals surface area contributed by atoms with Gasteiger partial charge >= 0.3 is 0 Å². The lowest BCUT2D eigenvalue weighted by Crippen LogP contribution is -2.51. The third-order valence-corrected chi connectivity index (χ3v) is 8.08. The van der Waals surface area contributed by atoms with Crippen LogP contribution in [-0.2, 0) is 14.8 Å². The standard InChI is InChI=1S/C27H29N3O4S/c1-21-12-14-24(15-13-21)35(33,34)30-18-16-29(17-19-30)26(31)20-25(22-8-4-2-5-9-22)28-27(32)23-10-6-3-7-11-23/h2-15,25H,16-20H2,1H3,(H,28,32)/t25-/m0/s1. The van der Waals surface area contributed by atoms with Crippen LogP contribution in [0.25, 0.3) is 0 Å². The Morgan fingerprint density at radius 1 is 0.829 bits per heavy atom. The van der Waals surface area contributed by atoms with Gasteiger partial charge in [0.15, 0.2) is 0 Å². The van der Waals surface area contributed by atoms with Gasteiger partial charge in [0, 0.05) is 31.7 Å². The molecule has 1 aliphatic heterocycles. The number of nitrogens with one attached hydrogen (secondary N) is 1. The van der Waals surface area contributed by atoms with Crippen LogP contribution in [0.1, 0.15) is 33.9 Å². The first-order valence-electron chi connectivity index (χ1n) is 11.6. The molecule has 0 spiro atoms. The molecule has 182 valence electrons. The topological polar surface area (TPSA) is 86.8 Å². The monoisotopic (exact) mass is 491 g/mol. The fourth-order valence-electron chi connectivity index (χ4n) is 4.11. The highest BCUT2D eigenvalue weighted by atomic mass is 32.2. The van der Waals surface area contributed by atoms with Gasteiger partial charge in [-0.15, -0.1) is 0 Å². The van der Waals surface area contributed by atoms with E-state index in [-0.39, 0.29) is 36.2 Å². The van der Waals surface area contributed by atoms with Gasteiger partial charge in [-0.25, -0.2) is 8.42 Å². The molecule has 4 rings (SSSR count). The summed E-state index contributed by atoms with van der Waals surface area (Å²) in [6.07, 6.45) is 0.0906. The Bertz CT molecular complexity index is 1250. The molecule has 3 aromatic carbocycles. The highest BCUT2D eigenvalue weighted by molar-refractivity contribution is 7.89. The average Bonchev–Trinajstić information content (AvgIpc) is 2.89. The molecule has 2 amide bonds. The highest BCUT2D eigenvalue weighted by Gasteiger charge is 2.31. The Morgan fingerprint density at radius 3 is 2.00 bits per heavy atom. The van der Waals surface area contributed by atoms with E-state index in [1.807, 2.05) is 43.3 Å². The zero-order valence-corrected chi connectivity index (χ0v) is 20.4. The normalized spacial score (nSPS) is 15.4. The van der Waals surface area contributed by atoms with Crippen LogP contribution in [0.5, 0.6) is 0 Å². The van der Waals surface area contributed by atoms with Crippen LogP contribution in [-0.4, -0.2) is 55.6 Å². The van der Waals surface area contributed by atoms with Crippen molar-refractivity contribution in [3.05, 3.63) is 102 Å². The van der Waals surface area contributed by atoms with Crippen LogP contribution in [0.15, 0.2) is 89.8 Å². The average molecular weight is 492 g/mol. The smallest absolute Gasteiger partial charge is 0.251 e. The van der Waals surface area contributed by atoms with Crippen LogP contribution in [0.4, 0.5) is 0 Å². The first-order valence-corrected chi connectivity index (χ1v) is 13.0. The zero-order valence-electron chi connectivity index (χ0n) is 19.6. The number of aryl methyl sites for hydroxylation is 1. The Kier molecular flexibility index (Phi) is 7.63. The summed E-state index contributed by atoms with van der Waals surface area (Å²) in [7, 11) is -3.60. The van der Waals surface area contributed by atoms with Gasteiger partial charge in [-0.3, -0.25) is 9.59 Å². The first kappa shape index (κ1) is 24.6. The summed E-state index contributed by atoms with van der Waals surface area (Å²) in [4.78, 5) is 27.9. The number of benzene rings is 3. The molecule has 0 radical (unpaired) electrons. The minimum atomic E-state index is -3.60. The maximum Gasteiger partial charge on any atom is 0.251 e. The maximum atomic E-state index is 13.2. The number of sulfonamides is 1. The van der Waals surface area contributed by atoms with Crippen LogP contribution < -0.4 is 5.32 Å². The minimum absolute atomic E-state index is 0.0906. The molecule has 0 aromatic heterocycles. The molecule has 0 unspecified atom stereocenters. The van der Waals surface area contributed by atoms with E-state index >= 15 is 0 Å². The first-order chi connectivity index (χ1) is 16.8. The van der Waals surface area contributed by atoms with Crippen molar-refractivity contribution in [1.29, 1.82) is 0 Å². The van der Waals surface area contributed by atoms with E-state index < -0.39 is 16.1 Å². The summed E-state index contributed by atoms with van der Waals surface area (Å²) in [5.74, 6) is -0.374. The van der Waals surface area contributed by atoms with Crippen LogP contribution in [0.3, 0.4) is 0 Å². The number of hydrogen-bond donors (Lipinski definition) is 1. The van der Waals surface area contributed by atoms with Gasteiger partial charge in [-0.05, 0) is 36.8 Å². The second kappa shape index (κ2) is 10.8. The fraction of sp³-hybridized carbons (Fsp3) is 0.259. The van der Waals surface area contributed by atoms with E-state index in [0.717, 1.165) is 11.1 Å². The molecule has 8 heteroatoms. The molecule has 0 bridgehead atoms. The number of carbonyl (C=O) groups is 2.